The molecule has 12 heavy (non-hydrogen) atoms. The topological polar surface area (TPSA) is 35.5 Å². The van der Waals surface area contributed by atoms with Gasteiger partial charge < -0.3 is 9.47 Å². The fourth-order valence-corrected chi connectivity index (χ4v) is 0.915. The van der Waals surface area contributed by atoms with E-state index in [2.05, 4.69) is 9.47 Å². The highest BCUT2D eigenvalue weighted by molar-refractivity contribution is 6.08. The van der Waals surface area contributed by atoms with Crippen LogP contribution in [0.15, 0.2) is 11.5 Å². The third-order valence-corrected chi connectivity index (χ3v) is 1.48. The van der Waals surface area contributed by atoms with Crippen LogP contribution in [0.5, 0.6) is 0 Å². The van der Waals surface area contributed by atoms with Gasteiger partial charge in [-0.25, -0.2) is 0 Å². The maximum absolute atomic E-state index is 12.6. The van der Waals surface area contributed by atoms with Crippen LogP contribution in [0, 0.1) is 0 Å². The molecule has 0 radical (unpaired) electrons. The van der Waals surface area contributed by atoms with Crippen molar-refractivity contribution in [1.29, 1.82) is 0 Å². The summed E-state index contributed by atoms with van der Waals surface area (Å²) >= 11 is 0. The lowest BCUT2D eigenvalue weighted by atomic mass is 9.98. The molecule has 1 aliphatic rings. The molecule has 3 nitrogen and oxygen atoms in total. The number of halogens is 2. The number of ketones is 1. The molecule has 0 N–H and O–H groups in total. The number of hydrogen-bond acceptors (Lipinski definition) is 3. The van der Waals surface area contributed by atoms with Crippen molar-refractivity contribution >= 4 is 5.78 Å². The fraction of sp³-hybridized carbons (Fsp3) is 0.571. The summed E-state index contributed by atoms with van der Waals surface area (Å²) in [4.78, 5) is 10.6. The Kier molecular flexibility index (Phi) is 2.04. The van der Waals surface area contributed by atoms with Gasteiger partial charge in [-0.3, -0.25) is 4.79 Å². The number of carbonyl (C=O) groups is 1. The Morgan fingerprint density at radius 2 is 2.08 bits per heavy atom. The van der Waals surface area contributed by atoms with Crippen molar-refractivity contribution in [3.05, 3.63) is 11.5 Å². The van der Waals surface area contributed by atoms with E-state index in [9.17, 15) is 13.6 Å². The van der Waals surface area contributed by atoms with Crippen LogP contribution in [0.4, 0.5) is 8.78 Å². The van der Waals surface area contributed by atoms with Crippen LogP contribution in [0.2, 0.25) is 0 Å². The fourth-order valence-electron chi connectivity index (χ4n) is 0.915. The van der Waals surface area contributed by atoms with Crippen LogP contribution in [0.1, 0.15) is 6.92 Å². The molecule has 1 aliphatic carbocycles. The van der Waals surface area contributed by atoms with E-state index in [1.807, 2.05) is 0 Å². The average Bonchev–Trinajstić information content (AvgIpc) is 2.04. The summed E-state index contributed by atoms with van der Waals surface area (Å²) in [6.07, 6.45) is 0. The molecule has 0 bridgehead atoms. The molecular weight excluding hydrogens is 170 g/mol. The molecule has 5 heteroatoms. The van der Waals surface area contributed by atoms with Crippen molar-refractivity contribution in [2.24, 2.45) is 0 Å². The summed E-state index contributed by atoms with van der Waals surface area (Å²) in [5.41, 5.74) is 0. The molecule has 0 aromatic carbocycles. The van der Waals surface area contributed by atoms with Crippen molar-refractivity contribution in [3.63, 3.8) is 0 Å². The highest BCUT2D eigenvalue weighted by Crippen LogP contribution is 2.40. The number of Topliss-reactive ketones (excluding diaryl/α,β-unsaturated/α-hetero) is 1. The number of ether oxygens (including phenoxy) is 2. The van der Waals surface area contributed by atoms with Crippen molar-refractivity contribution < 1.29 is 23.0 Å². The van der Waals surface area contributed by atoms with E-state index in [1.165, 1.54) is 0 Å². The van der Waals surface area contributed by atoms with Crippen LogP contribution in [0.25, 0.3) is 0 Å². The highest BCUT2D eigenvalue weighted by atomic mass is 19.3. The minimum Gasteiger partial charge on any atom is -0.490 e. The molecule has 0 atom stereocenters. The van der Waals surface area contributed by atoms with E-state index in [4.69, 9.17) is 0 Å². The van der Waals surface area contributed by atoms with E-state index in [0.29, 0.717) is 0 Å². The van der Waals surface area contributed by atoms with E-state index in [1.54, 1.807) is 6.92 Å². The predicted octanol–water partition coefficient (Wildman–Crippen LogP) is 1.10. The van der Waals surface area contributed by atoms with Crippen LogP contribution >= 0.6 is 0 Å². The number of rotatable bonds is 3. The number of allylic oxidation sites excluding steroid dienone is 2. The van der Waals surface area contributed by atoms with Gasteiger partial charge in [-0.1, -0.05) is 0 Å². The number of hydrogen-bond donors (Lipinski definition) is 0. The molecule has 0 saturated carbocycles. The molecule has 0 saturated heterocycles. The van der Waals surface area contributed by atoms with Gasteiger partial charge in [0.25, 0.3) is 5.78 Å². The van der Waals surface area contributed by atoms with Gasteiger partial charge in [0, 0.05) is 0 Å². The van der Waals surface area contributed by atoms with Gasteiger partial charge >= 0.3 is 5.92 Å². The third kappa shape index (κ3) is 0.964. The molecule has 0 amide bonds. The van der Waals surface area contributed by atoms with E-state index >= 15 is 0 Å². The van der Waals surface area contributed by atoms with E-state index < -0.39 is 17.5 Å². The lowest BCUT2D eigenvalue weighted by Gasteiger charge is -2.28. The first-order chi connectivity index (χ1) is 5.55. The lowest BCUT2D eigenvalue weighted by Crippen LogP contribution is -2.45. The van der Waals surface area contributed by atoms with Crippen LogP contribution in [-0.2, 0) is 14.3 Å². The van der Waals surface area contributed by atoms with Crippen LogP contribution < -0.4 is 0 Å². The second-order valence-corrected chi connectivity index (χ2v) is 2.20. The first kappa shape index (κ1) is 8.96. The molecule has 0 aliphatic heterocycles. The quantitative estimate of drug-likeness (QED) is 0.649. The lowest BCUT2D eigenvalue weighted by molar-refractivity contribution is -0.153. The zero-order chi connectivity index (χ0) is 9.35. The second kappa shape index (κ2) is 2.73. The summed E-state index contributed by atoms with van der Waals surface area (Å²) in [5.74, 6) is -5.82. The van der Waals surface area contributed by atoms with E-state index in [0.717, 1.165) is 7.11 Å². The normalized spacial score (nSPS) is 20.5. The molecule has 0 heterocycles. The zero-order valence-electron chi connectivity index (χ0n) is 6.69. The van der Waals surface area contributed by atoms with Gasteiger partial charge in [-0.05, 0) is 6.92 Å². The van der Waals surface area contributed by atoms with Crippen molar-refractivity contribution in [2.75, 3.05) is 13.7 Å². The number of carbonyl (C=O) groups excluding carboxylic acids is 1. The molecule has 0 aromatic heterocycles. The van der Waals surface area contributed by atoms with Gasteiger partial charge in [0.05, 0.1) is 13.7 Å². The predicted molar refractivity (Wildman–Crippen MR) is 35.6 cm³/mol. The smallest absolute Gasteiger partial charge is 0.372 e. The van der Waals surface area contributed by atoms with Crippen molar-refractivity contribution in [1.82, 2.24) is 0 Å². The summed E-state index contributed by atoms with van der Waals surface area (Å²) in [6.45, 7) is 1.64. The monoisotopic (exact) mass is 178 g/mol. The summed E-state index contributed by atoms with van der Waals surface area (Å²) in [7, 11) is 1.15. The minimum atomic E-state index is -3.48. The maximum Gasteiger partial charge on any atom is 0.372 e. The Balaban J connectivity index is 2.91. The number of methoxy groups -OCH3 is 1. The summed E-state index contributed by atoms with van der Waals surface area (Å²) in [5, 5.41) is 0. The Hall–Kier alpha value is -1.13. The van der Waals surface area contributed by atoms with Gasteiger partial charge in [0.15, 0.2) is 0 Å². The molecule has 0 aromatic rings. The average molecular weight is 178 g/mol. The highest BCUT2D eigenvalue weighted by Gasteiger charge is 2.59. The Morgan fingerprint density at radius 3 is 2.50 bits per heavy atom. The molecule has 0 fully saturated rings. The molecule has 0 unspecified atom stereocenters. The van der Waals surface area contributed by atoms with Gasteiger partial charge in [0.1, 0.15) is 0 Å². The van der Waals surface area contributed by atoms with Gasteiger partial charge in [-0.15, -0.1) is 0 Å². The van der Waals surface area contributed by atoms with Gasteiger partial charge in [-0.2, -0.15) is 8.78 Å². The first-order valence-corrected chi connectivity index (χ1v) is 3.39. The van der Waals surface area contributed by atoms with E-state index in [-0.39, 0.29) is 12.4 Å². The Morgan fingerprint density at radius 1 is 1.50 bits per heavy atom. The second-order valence-electron chi connectivity index (χ2n) is 2.20. The first-order valence-electron chi connectivity index (χ1n) is 3.39. The maximum atomic E-state index is 12.6. The largest absolute Gasteiger partial charge is 0.490 e. The molecule has 68 valence electrons. The molecule has 1 rings (SSSR count). The van der Waals surface area contributed by atoms with Crippen molar-refractivity contribution in [2.45, 2.75) is 12.8 Å². The molecule has 0 spiro atoms. The zero-order valence-corrected chi connectivity index (χ0v) is 6.69. The number of alkyl halides is 2. The van der Waals surface area contributed by atoms with Crippen LogP contribution in [0.3, 0.4) is 0 Å². The Labute approximate surface area is 68.0 Å². The molecular formula is C7H8F2O3. The standard InChI is InChI=1S/C7H8F2O3/c1-3-12-6-4(11-2)5(10)7(6,8)9/h3H2,1-2H3. The SMILES string of the molecule is CCOC1=C(OC)C(=O)C1(F)F. The minimum absolute atomic E-state index is 0.0884. The summed E-state index contributed by atoms with van der Waals surface area (Å²) in [6, 6.07) is 0. The van der Waals surface area contributed by atoms with Gasteiger partial charge in [0.2, 0.25) is 11.5 Å². The van der Waals surface area contributed by atoms with Crippen LogP contribution in [-0.4, -0.2) is 25.4 Å². The summed E-state index contributed by atoms with van der Waals surface area (Å²) < 4.78 is 34.2. The Bertz CT molecular complexity index is 245. The third-order valence-electron chi connectivity index (χ3n) is 1.48. The van der Waals surface area contributed by atoms with Crippen molar-refractivity contribution in [3.8, 4) is 0 Å².